The van der Waals surface area contributed by atoms with Crippen molar-refractivity contribution in [3.63, 3.8) is 0 Å². The van der Waals surface area contributed by atoms with Crippen molar-refractivity contribution in [1.29, 1.82) is 0 Å². The summed E-state index contributed by atoms with van der Waals surface area (Å²) in [5.74, 6) is 0.440. The highest BCUT2D eigenvalue weighted by Crippen LogP contribution is 2.46. The third-order valence-electron chi connectivity index (χ3n) is 4.16. The number of Topliss-reactive ketones (excluding diaryl/α,β-unsaturated/α-hetero) is 1. The van der Waals surface area contributed by atoms with Gasteiger partial charge in [-0.2, -0.15) is 0 Å². The number of hydrogen-bond donors (Lipinski definition) is 0. The lowest BCUT2D eigenvalue weighted by Crippen LogP contribution is -2.64. The van der Waals surface area contributed by atoms with E-state index < -0.39 is 5.60 Å². The van der Waals surface area contributed by atoms with E-state index in [1.54, 1.807) is 4.90 Å². The van der Waals surface area contributed by atoms with E-state index in [4.69, 9.17) is 4.74 Å². The zero-order valence-electron chi connectivity index (χ0n) is 11.8. The first kappa shape index (κ1) is 13.4. The molecule has 18 heavy (non-hydrogen) atoms. The Kier molecular flexibility index (Phi) is 3.16. The second-order valence-electron chi connectivity index (χ2n) is 6.74. The molecule has 1 aliphatic carbocycles. The van der Waals surface area contributed by atoms with Gasteiger partial charge in [0.15, 0.2) is 0 Å². The highest BCUT2D eigenvalue weighted by atomic mass is 16.6. The number of rotatable bonds is 0. The van der Waals surface area contributed by atoms with Gasteiger partial charge in [-0.15, -0.1) is 0 Å². The molecule has 0 N–H and O–H groups in total. The zero-order valence-corrected chi connectivity index (χ0v) is 11.8. The summed E-state index contributed by atoms with van der Waals surface area (Å²) in [6.07, 6.45) is 2.47. The maximum atomic E-state index is 11.9. The smallest absolute Gasteiger partial charge is 0.410 e. The molecule has 102 valence electrons. The Bertz CT molecular complexity index is 364. The molecule has 4 nitrogen and oxygen atoms in total. The fraction of sp³-hybridized carbons (Fsp3) is 0.857. The number of carbonyl (C=O) groups is 2. The van der Waals surface area contributed by atoms with Crippen molar-refractivity contribution in [1.82, 2.24) is 4.90 Å². The van der Waals surface area contributed by atoms with Crippen LogP contribution in [0, 0.1) is 11.3 Å². The number of amides is 1. The van der Waals surface area contributed by atoms with Crippen LogP contribution in [0.3, 0.4) is 0 Å². The molecule has 1 heterocycles. The molecule has 2 aliphatic rings. The molecule has 0 radical (unpaired) electrons. The van der Waals surface area contributed by atoms with Gasteiger partial charge in [0, 0.05) is 30.8 Å². The van der Waals surface area contributed by atoms with Gasteiger partial charge in [0.05, 0.1) is 0 Å². The minimum Gasteiger partial charge on any atom is -0.444 e. The molecule has 0 aromatic rings. The van der Waals surface area contributed by atoms with Crippen LogP contribution in [0.1, 0.15) is 47.0 Å². The summed E-state index contributed by atoms with van der Waals surface area (Å²) in [6.45, 7) is 8.96. The van der Waals surface area contributed by atoms with Crippen molar-refractivity contribution in [2.24, 2.45) is 11.3 Å². The third kappa shape index (κ3) is 2.38. The number of ether oxygens (including phenoxy) is 1. The van der Waals surface area contributed by atoms with E-state index in [9.17, 15) is 9.59 Å². The molecule has 0 bridgehead atoms. The first-order chi connectivity index (χ1) is 8.23. The van der Waals surface area contributed by atoms with E-state index in [0.29, 0.717) is 25.3 Å². The van der Waals surface area contributed by atoms with E-state index in [-0.39, 0.29) is 17.4 Å². The molecule has 1 atom stereocenters. The molecule has 1 aliphatic heterocycles. The van der Waals surface area contributed by atoms with Gasteiger partial charge in [-0.1, -0.05) is 6.92 Å². The Labute approximate surface area is 109 Å². The molecule has 1 unspecified atom stereocenters. The second-order valence-corrected chi connectivity index (χ2v) is 6.74. The highest BCUT2D eigenvalue weighted by Gasteiger charge is 2.52. The van der Waals surface area contributed by atoms with Crippen molar-refractivity contribution in [2.45, 2.75) is 52.6 Å². The number of carbonyl (C=O) groups excluding carboxylic acids is 2. The molecular formula is C14H23NO3. The quantitative estimate of drug-likeness (QED) is 0.666. The summed E-state index contributed by atoms with van der Waals surface area (Å²) in [4.78, 5) is 25.4. The van der Waals surface area contributed by atoms with Gasteiger partial charge in [-0.05, 0) is 33.6 Å². The van der Waals surface area contributed by atoms with Gasteiger partial charge >= 0.3 is 6.09 Å². The minimum absolute atomic E-state index is 0.0340. The summed E-state index contributed by atoms with van der Waals surface area (Å²) < 4.78 is 5.34. The van der Waals surface area contributed by atoms with Crippen LogP contribution in [0.25, 0.3) is 0 Å². The first-order valence-electron chi connectivity index (χ1n) is 6.74. The molecule has 4 heteroatoms. The fourth-order valence-corrected chi connectivity index (χ4v) is 2.99. The first-order valence-corrected chi connectivity index (χ1v) is 6.74. The summed E-state index contributed by atoms with van der Waals surface area (Å²) >= 11 is 0. The normalized spacial score (nSPS) is 27.0. The average Bonchev–Trinajstić information content (AvgIpc) is 2.16. The van der Waals surface area contributed by atoms with Crippen LogP contribution in [0.5, 0.6) is 0 Å². The molecule has 0 aromatic heterocycles. The van der Waals surface area contributed by atoms with Crippen molar-refractivity contribution >= 4 is 11.9 Å². The molecular weight excluding hydrogens is 230 g/mol. The number of likely N-dealkylation sites (tertiary alicyclic amines) is 1. The Hall–Kier alpha value is -1.06. The van der Waals surface area contributed by atoms with Crippen molar-refractivity contribution < 1.29 is 14.3 Å². The summed E-state index contributed by atoms with van der Waals surface area (Å²) in [7, 11) is 0. The average molecular weight is 253 g/mol. The van der Waals surface area contributed by atoms with Crippen LogP contribution in [-0.2, 0) is 9.53 Å². The number of hydrogen-bond acceptors (Lipinski definition) is 3. The molecule has 1 amide bonds. The lowest BCUT2D eigenvalue weighted by molar-refractivity contribution is -0.139. The Morgan fingerprint density at radius 2 is 2.00 bits per heavy atom. The van der Waals surface area contributed by atoms with Gasteiger partial charge in [-0.3, -0.25) is 4.79 Å². The summed E-state index contributed by atoms with van der Waals surface area (Å²) in [5, 5.41) is 0. The van der Waals surface area contributed by atoms with E-state index in [1.165, 1.54) is 0 Å². The van der Waals surface area contributed by atoms with Crippen LogP contribution >= 0.6 is 0 Å². The predicted octanol–water partition coefficient (Wildman–Crippen LogP) is 2.61. The van der Waals surface area contributed by atoms with E-state index in [2.05, 4.69) is 0 Å². The molecule has 1 saturated carbocycles. The van der Waals surface area contributed by atoms with Gasteiger partial charge < -0.3 is 9.64 Å². The SMILES string of the molecule is CC1C(=O)CCCC12CN(C(=O)OC(C)(C)C)C2. The standard InChI is InChI=1S/C14H23NO3/c1-10-11(16)6-5-7-14(10)8-15(9-14)12(17)18-13(2,3)4/h10H,5-9H2,1-4H3. The van der Waals surface area contributed by atoms with Crippen LogP contribution in [0.2, 0.25) is 0 Å². The van der Waals surface area contributed by atoms with E-state index in [1.807, 2.05) is 27.7 Å². The summed E-state index contributed by atoms with van der Waals surface area (Å²) in [5.41, 5.74) is -0.417. The fourth-order valence-electron chi connectivity index (χ4n) is 2.99. The van der Waals surface area contributed by atoms with Gasteiger partial charge in [0.2, 0.25) is 0 Å². The topological polar surface area (TPSA) is 46.6 Å². The Balaban J connectivity index is 1.93. The van der Waals surface area contributed by atoms with Gasteiger partial charge in [0.25, 0.3) is 0 Å². The Morgan fingerprint density at radius 3 is 2.56 bits per heavy atom. The summed E-state index contributed by atoms with van der Waals surface area (Å²) in [6, 6.07) is 0. The maximum Gasteiger partial charge on any atom is 0.410 e. The van der Waals surface area contributed by atoms with Crippen molar-refractivity contribution in [3.05, 3.63) is 0 Å². The molecule has 2 rings (SSSR count). The molecule has 0 aromatic carbocycles. The van der Waals surface area contributed by atoms with Gasteiger partial charge in [-0.25, -0.2) is 4.79 Å². The number of ketones is 1. The van der Waals surface area contributed by atoms with E-state index in [0.717, 1.165) is 12.8 Å². The minimum atomic E-state index is -0.451. The lowest BCUT2D eigenvalue weighted by atomic mass is 9.62. The van der Waals surface area contributed by atoms with Crippen LogP contribution in [0.15, 0.2) is 0 Å². The number of nitrogens with zero attached hydrogens (tertiary/aromatic N) is 1. The third-order valence-corrected chi connectivity index (χ3v) is 4.16. The van der Waals surface area contributed by atoms with Crippen LogP contribution < -0.4 is 0 Å². The van der Waals surface area contributed by atoms with Gasteiger partial charge in [0.1, 0.15) is 11.4 Å². The highest BCUT2D eigenvalue weighted by molar-refractivity contribution is 5.83. The van der Waals surface area contributed by atoms with Crippen LogP contribution in [0.4, 0.5) is 4.79 Å². The zero-order chi connectivity index (χ0) is 13.6. The maximum absolute atomic E-state index is 11.9. The predicted molar refractivity (Wildman–Crippen MR) is 68.3 cm³/mol. The van der Waals surface area contributed by atoms with Crippen molar-refractivity contribution in [3.8, 4) is 0 Å². The van der Waals surface area contributed by atoms with Crippen LogP contribution in [-0.4, -0.2) is 35.5 Å². The second kappa shape index (κ2) is 4.25. The monoisotopic (exact) mass is 253 g/mol. The lowest BCUT2D eigenvalue weighted by Gasteiger charge is -2.54. The van der Waals surface area contributed by atoms with Crippen molar-refractivity contribution in [2.75, 3.05) is 13.1 Å². The molecule has 2 fully saturated rings. The molecule has 1 spiro atoms. The Morgan fingerprint density at radius 1 is 1.39 bits per heavy atom. The molecule has 1 saturated heterocycles. The largest absolute Gasteiger partial charge is 0.444 e. The van der Waals surface area contributed by atoms with E-state index >= 15 is 0 Å².